The number of benzene rings is 3. The molecule has 0 atom stereocenters. The highest BCUT2D eigenvalue weighted by molar-refractivity contribution is 5.67. The van der Waals surface area contributed by atoms with E-state index in [1.165, 1.54) is 33.4 Å². The fourth-order valence-corrected chi connectivity index (χ4v) is 5.00. The summed E-state index contributed by atoms with van der Waals surface area (Å²) >= 11 is 0. The van der Waals surface area contributed by atoms with Crippen molar-refractivity contribution in [3.63, 3.8) is 0 Å². The molecule has 6 nitrogen and oxygen atoms in total. The smallest absolute Gasteiger partial charge is 0.228 e. The van der Waals surface area contributed by atoms with Crippen LogP contribution in [0.15, 0.2) is 66.7 Å². The predicted molar refractivity (Wildman–Crippen MR) is 149 cm³/mol. The molecule has 2 heterocycles. The van der Waals surface area contributed by atoms with Crippen LogP contribution in [-0.2, 0) is 4.74 Å². The third kappa shape index (κ3) is 5.59. The average molecular weight is 495 g/mol. The summed E-state index contributed by atoms with van der Waals surface area (Å²) in [5.41, 5.74) is 8.96. The maximum atomic E-state index is 10.1. The standard InChI is InChI=1S/C31H34N4O2/c1-20-8-10-26(22(3)16-20)30(27-11-9-21(2)17-23(27)4)33-29-19-28(24-6-5-7-25(36)18-24)32-31(34-29)35-12-14-37-15-13-35/h5-11,16-19,30,36H,12-15H2,1-4H3,(H,32,33,34). The number of phenolic OH excluding ortho intramolecular Hbond substituents is 1. The third-order valence-corrected chi connectivity index (χ3v) is 6.92. The number of morpholine rings is 1. The highest BCUT2D eigenvalue weighted by Crippen LogP contribution is 2.33. The van der Waals surface area contributed by atoms with Gasteiger partial charge in [-0.15, -0.1) is 0 Å². The topological polar surface area (TPSA) is 70.5 Å². The van der Waals surface area contributed by atoms with E-state index in [-0.39, 0.29) is 11.8 Å². The van der Waals surface area contributed by atoms with Crippen LogP contribution in [-0.4, -0.2) is 41.4 Å². The summed E-state index contributed by atoms with van der Waals surface area (Å²) < 4.78 is 5.56. The lowest BCUT2D eigenvalue weighted by Crippen LogP contribution is -2.37. The highest BCUT2D eigenvalue weighted by Gasteiger charge is 2.22. The van der Waals surface area contributed by atoms with Crippen LogP contribution >= 0.6 is 0 Å². The number of hydrogen-bond acceptors (Lipinski definition) is 6. The van der Waals surface area contributed by atoms with Gasteiger partial charge in [-0.25, -0.2) is 4.98 Å². The summed E-state index contributed by atoms with van der Waals surface area (Å²) in [6, 6.07) is 22.3. The van der Waals surface area contributed by atoms with Crippen molar-refractivity contribution in [2.45, 2.75) is 33.7 Å². The van der Waals surface area contributed by atoms with E-state index in [9.17, 15) is 5.11 Å². The molecular weight excluding hydrogens is 460 g/mol. The Morgan fingerprint density at radius 3 is 2.05 bits per heavy atom. The Kier molecular flexibility index (Phi) is 7.10. The Morgan fingerprint density at radius 1 is 0.811 bits per heavy atom. The number of ether oxygens (including phenoxy) is 1. The van der Waals surface area contributed by atoms with Crippen molar-refractivity contribution in [2.75, 3.05) is 36.5 Å². The van der Waals surface area contributed by atoms with Crippen LogP contribution < -0.4 is 10.2 Å². The number of hydrogen-bond donors (Lipinski definition) is 2. The van der Waals surface area contributed by atoms with Crippen LogP contribution in [0.4, 0.5) is 11.8 Å². The molecule has 0 aliphatic carbocycles. The van der Waals surface area contributed by atoms with Gasteiger partial charge in [-0.3, -0.25) is 0 Å². The van der Waals surface area contributed by atoms with Gasteiger partial charge in [0.05, 0.1) is 24.9 Å². The lowest BCUT2D eigenvalue weighted by molar-refractivity contribution is 0.122. The first-order chi connectivity index (χ1) is 17.9. The van der Waals surface area contributed by atoms with Crippen molar-refractivity contribution >= 4 is 11.8 Å². The van der Waals surface area contributed by atoms with Gasteiger partial charge in [0.25, 0.3) is 0 Å². The van der Waals surface area contributed by atoms with Gasteiger partial charge >= 0.3 is 0 Å². The zero-order valence-electron chi connectivity index (χ0n) is 22.0. The van der Waals surface area contributed by atoms with E-state index in [1.807, 2.05) is 18.2 Å². The van der Waals surface area contributed by atoms with Crippen molar-refractivity contribution in [3.05, 3.63) is 100 Å². The largest absolute Gasteiger partial charge is 0.508 e. The molecule has 0 radical (unpaired) electrons. The predicted octanol–water partition coefficient (Wildman–Crippen LogP) is 6.12. The average Bonchev–Trinajstić information content (AvgIpc) is 2.88. The first-order valence-corrected chi connectivity index (χ1v) is 12.8. The minimum Gasteiger partial charge on any atom is -0.508 e. The molecule has 0 amide bonds. The maximum Gasteiger partial charge on any atom is 0.228 e. The Hall–Kier alpha value is -3.90. The normalized spacial score (nSPS) is 13.7. The van der Waals surface area contributed by atoms with E-state index in [2.05, 4.69) is 74.3 Å². The van der Waals surface area contributed by atoms with Crippen molar-refractivity contribution < 1.29 is 9.84 Å². The number of aromatic nitrogens is 2. The van der Waals surface area contributed by atoms with Crippen LogP contribution in [0.3, 0.4) is 0 Å². The lowest BCUT2D eigenvalue weighted by atomic mass is 9.90. The summed E-state index contributed by atoms with van der Waals surface area (Å²) in [4.78, 5) is 12.0. The van der Waals surface area contributed by atoms with Crippen LogP contribution in [0.5, 0.6) is 5.75 Å². The number of nitrogens with one attached hydrogen (secondary N) is 1. The van der Waals surface area contributed by atoms with Crippen molar-refractivity contribution in [2.24, 2.45) is 0 Å². The van der Waals surface area contributed by atoms with Gasteiger partial charge in [0.2, 0.25) is 5.95 Å². The quantitative estimate of drug-likeness (QED) is 0.336. The van der Waals surface area contributed by atoms with Gasteiger partial charge < -0.3 is 20.1 Å². The fraction of sp³-hybridized carbons (Fsp3) is 0.290. The van der Waals surface area contributed by atoms with Gasteiger partial charge in [-0.2, -0.15) is 4.98 Å². The maximum absolute atomic E-state index is 10.1. The van der Waals surface area contributed by atoms with E-state index in [1.54, 1.807) is 12.1 Å². The van der Waals surface area contributed by atoms with E-state index in [4.69, 9.17) is 14.7 Å². The first kappa shape index (κ1) is 24.8. The zero-order valence-corrected chi connectivity index (χ0v) is 22.0. The molecule has 1 aliphatic rings. The molecular formula is C31H34N4O2. The van der Waals surface area contributed by atoms with E-state index in [0.717, 1.165) is 30.2 Å². The second kappa shape index (κ2) is 10.6. The number of aryl methyl sites for hydroxylation is 4. The molecule has 1 aliphatic heterocycles. The zero-order chi connectivity index (χ0) is 25.9. The van der Waals surface area contributed by atoms with E-state index < -0.39 is 0 Å². The Balaban J connectivity index is 1.62. The Morgan fingerprint density at radius 2 is 1.46 bits per heavy atom. The monoisotopic (exact) mass is 494 g/mol. The summed E-state index contributed by atoms with van der Waals surface area (Å²) in [5, 5.41) is 13.9. The summed E-state index contributed by atoms with van der Waals surface area (Å²) in [5.74, 6) is 1.61. The molecule has 1 fully saturated rings. The molecule has 0 saturated carbocycles. The van der Waals surface area contributed by atoms with Crippen molar-refractivity contribution in [1.29, 1.82) is 0 Å². The molecule has 0 bridgehead atoms. The number of anilines is 2. The number of phenols is 1. The Bertz CT molecular complexity index is 1360. The minimum atomic E-state index is -0.0920. The van der Waals surface area contributed by atoms with Gasteiger partial charge in [0.1, 0.15) is 11.6 Å². The number of aromatic hydroxyl groups is 1. The molecule has 4 aromatic rings. The molecule has 6 heteroatoms. The summed E-state index contributed by atoms with van der Waals surface area (Å²) in [7, 11) is 0. The highest BCUT2D eigenvalue weighted by atomic mass is 16.5. The molecule has 1 aromatic heterocycles. The third-order valence-electron chi connectivity index (χ3n) is 6.92. The molecule has 2 N–H and O–H groups in total. The van der Waals surface area contributed by atoms with Crippen LogP contribution in [0, 0.1) is 27.7 Å². The van der Waals surface area contributed by atoms with Gasteiger partial charge in [-0.1, -0.05) is 59.7 Å². The molecule has 190 valence electrons. The van der Waals surface area contributed by atoms with Crippen LogP contribution in [0.25, 0.3) is 11.3 Å². The molecule has 0 spiro atoms. The fourth-order valence-electron chi connectivity index (χ4n) is 5.00. The van der Waals surface area contributed by atoms with Crippen molar-refractivity contribution in [1.82, 2.24) is 9.97 Å². The van der Waals surface area contributed by atoms with E-state index in [0.29, 0.717) is 19.2 Å². The molecule has 0 unspecified atom stereocenters. The number of rotatable bonds is 6. The SMILES string of the molecule is Cc1ccc(C(Nc2cc(-c3cccc(O)c3)nc(N3CCOCC3)n2)c2ccc(C)cc2C)c(C)c1. The first-order valence-electron chi connectivity index (χ1n) is 12.8. The van der Waals surface area contributed by atoms with Gasteiger partial charge in [-0.05, 0) is 62.1 Å². The molecule has 37 heavy (non-hydrogen) atoms. The molecule has 5 rings (SSSR count). The summed E-state index contributed by atoms with van der Waals surface area (Å²) in [6.07, 6.45) is 0. The van der Waals surface area contributed by atoms with Gasteiger partial charge in [0, 0.05) is 24.7 Å². The lowest BCUT2D eigenvalue weighted by Gasteiger charge is -2.28. The van der Waals surface area contributed by atoms with E-state index >= 15 is 0 Å². The summed E-state index contributed by atoms with van der Waals surface area (Å²) in [6.45, 7) is 11.3. The second-order valence-corrected chi connectivity index (χ2v) is 9.89. The molecule has 1 saturated heterocycles. The number of nitrogens with zero attached hydrogens (tertiary/aromatic N) is 3. The second-order valence-electron chi connectivity index (χ2n) is 9.89. The van der Waals surface area contributed by atoms with Crippen LogP contribution in [0.2, 0.25) is 0 Å². The van der Waals surface area contributed by atoms with Gasteiger partial charge in [0.15, 0.2) is 0 Å². The van der Waals surface area contributed by atoms with Crippen molar-refractivity contribution in [3.8, 4) is 17.0 Å². The Labute approximate surface area is 219 Å². The minimum absolute atomic E-state index is 0.0920. The van der Waals surface area contributed by atoms with Crippen LogP contribution in [0.1, 0.15) is 39.4 Å². The molecule has 3 aromatic carbocycles.